The molecule has 0 radical (unpaired) electrons. The van der Waals surface area contributed by atoms with E-state index in [1.54, 1.807) is 0 Å². The van der Waals surface area contributed by atoms with Gasteiger partial charge in [0.15, 0.2) is 5.82 Å². The average Bonchev–Trinajstić information content (AvgIpc) is 2.29. The first-order valence-electron chi connectivity index (χ1n) is 4.94. The molecule has 0 bridgehead atoms. The Balaban J connectivity index is 2.26. The number of anilines is 2. The van der Waals surface area contributed by atoms with E-state index in [1.165, 1.54) is 6.33 Å². The summed E-state index contributed by atoms with van der Waals surface area (Å²) >= 11 is 5.89. The van der Waals surface area contributed by atoms with Gasteiger partial charge in [-0.1, -0.05) is 17.7 Å². The molecule has 0 fully saturated rings. The quantitative estimate of drug-likeness (QED) is 0.563. The third-order valence-corrected chi connectivity index (χ3v) is 2.19. The lowest BCUT2D eigenvalue weighted by Gasteiger charge is -2.08. The second-order valence-electron chi connectivity index (χ2n) is 3.04. The largest absolute Gasteiger partial charge is 0.382 e. The van der Waals surface area contributed by atoms with Crippen molar-refractivity contribution in [1.82, 2.24) is 9.97 Å². The van der Waals surface area contributed by atoms with Gasteiger partial charge in [-0.3, -0.25) is 0 Å². The molecule has 0 unspecified atom stereocenters. The van der Waals surface area contributed by atoms with Gasteiger partial charge in [-0.15, -0.1) is 6.58 Å². The predicted octanol–water partition coefficient (Wildman–Crippen LogP) is 1.72. The van der Waals surface area contributed by atoms with Crippen LogP contribution < -0.4 is 11.1 Å². The SMILES string of the molecule is C=CCCOCCNc1ncnc(N)c1Cl. The van der Waals surface area contributed by atoms with Crippen LogP contribution in [-0.2, 0) is 4.74 Å². The van der Waals surface area contributed by atoms with Gasteiger partial charge in [0, 0.05) is 6.54 Å². The molecular formula is C10H15ClN4O. The molecule has 1 aromatic rings. The molecule has 1 heterocycles. The van der Waals surface area contributed by atoms with Crippen molar-refractivity contribution in [3.63, 3.8) is 0 Å². The molecule has 0 amide bonds. The van der Waals surface area contributed by atoms with E-state index in [0.717, 1.165) is 6.42 Å². The Hall–Kier alpha value is -1.33. The zero-order chi connectivity index (χ0) is 11.8. The number of nitrogens with one attached hydrogen (secondary N) is 1. The first kappa shape index (κ1) is 12.7. The molecule has 88 valence electrons. The molecule has 0 saturated heterocycles. The number of aromatic nitrogens is 2. The summed E-state index contributed by atoms with van der Waals surface area (Å²) in [4.78, 5) is 7.73. The van der Waals surface area contributed by atoms with Crippen LogP contribution in [0.2, 0.25) is 5.02 Å². The van der Waals surface area contributed by atoms with Crippen LogP contribution in [0.3, 0.4) is 0 Å². The van der Waals surface area contributed by atoms with Crippen LogP contribution >= 0.6 is 11.6 Å². The number of ether oxygens (including phenoxy) is 1. The Morgan fingerprint density at radius 3 is 3.06 bits per heavy atom. The second kappa shape index (κ2) is 7.03. The topological polar surface area (TPSA) is 73.1 Å². The van der Waals surface area contributed by atoms with Gasteiger partial charge < -0.3 is 15.8 Å². The number of hydrogen-bond acceptors (Lipinski definition) is 5. The lowest BCUT2D eigenvalue weighted by molar-refractivity contribution is 0.149. The summed E-state index contributed by atoms with van der Waals surface area (Å²) in [5.41, 5.74) is 5.53. The van der Waals surface area contributed by atoms with Crippen molar-refractivity contribution in [2.45, 2.75) is 6.42 Å². The van der Waals surface area contributed by atoms with Crippen molar-refractivity contribution in [2.24, 2.45) is 0 Å². The Kier molecular flexibility index (Phi) is 5.60. The molecule has 16 heavy (non-hydrogen) atoms. The molecule has 6 heteroatoms. The summed E-state index contributed by atoms with van der Waals surface area (Å²) in [5, 5.41) is 3.36. The summed E-state index contributed by atoms with van der Waals surface area (Å²) in [6.45, 7) is 5.47. The maximum Gasteiger partial charge on any atom is 0.150 e. The fraction of sp³-hybridized carbons (Fsp3) is 0.400. The molecule has 0 saturated carbocycles. The monoisotopic (exact) mass is 242 g/mol. The molecule has 0 aliphatic rings. The van der Waals surface area contributed by atoms with Crippen molar-refractivity contribution in [3.8, 4) is 0 Å². The van der Waals surface area contributed by atoms with E-state index in [-0.39, 0.29) is 5.82 Å². The molecule has 1 aromatic heterocycles. The van der Waals surface area contributed by atoms with E-state index in [4.69, 9.17) is 22.1 Å². The van der Waals surface area contributed by atoms with Gasteiger partial charge >= 0.3 is 0 Å². The van der Waals surface area contributed by atoms with Crippen molar-refractivity contribution in [2.75, 3.05) is 30.8 Å². The maximum absolute atomic E-state index is 5.89. The Morgan fingerprint density at radius 2 is 2.31 bits per heavy atom. The highest BCUT2D eigenvalue weighted by molar-refractivity contribution is 6.35. The molecule has 0 aliphatic heterocycles. The van der Waals surface area contributed by atoms with Crippen LogP contribution in [0.25, 0.3) is 0 Å². The predicted molar refractivity (Wildman–Crippen MR) is 65.6 cm³/mol. The Bertz CT molecular complexity index is 346. The standard InChI is InChI=1S/C10H15ClN4O/c1-2-3-5-16-6-4-13-10-8(11)9(12)14-7-15-10/h2,7H,1,3-6H2,(H3,12,13,14,15). The first-order chi connectivity index (χ1) is 7.75. The zero-order valence-corrected chi connectivity index (χ0v) is 9.70. The van der Waals surface area contributed by atoms with Gasteiger partial charge in [0.2, 0.25) is 0 Å². The van der Waals surface area contributed by atoms with Crippen molar-refractivity contribution in [3.05, 3.63) is 24.0 Å². The van der Waals surface area contributed by atoms with E-state index in [9.17, 15) is 0 Å². The average molecular weight is 243 g/mol. The number of rotatable bonds is 7. The van der Waals surface area contributed by atoms with Crippen LogP contribution in [0, 0.1) is 0 Å². The van der Waals surface area contributed by atoms with Crippen molar-refractivity contribution >= 4 is 23.2 Å². The summed E-state index contributed by atoms with van der Waals surface area (Å²) in [5.74, 6) is 0.799. The normalized spacial score (nSPS) is 10.1. The van der Waals surface area contributed by atoms with E-state index >= 15 is 0 Å². The van der Waals surface area contributed by atoms with Gasteiger partial charge in [0.05, 0.1) is 13.2 Å². The van der Waals surface area contributed by atoms with Gasteiger partial charge in [-0.25, -0.2) is 9.97 Å². The summed E-state index contributed by atoms with van der Waals surface area (Å²) < 4.78 is 5.31. The number of hydrogen-bond donors (Lipinski definition) is 2. The fourth-order valence-corrected chi connectivity index (χ4v) is 1.18. The van der Waals surface area contributed by atoms with Crippen LogP contribution in [-0.4, -0.2) is 29.7 Å². The molecule has 0 atom stereocenters. The summed E-state index contributed by atoms with van der Waals surface area (Å²) in [6.07, 6.45) is 4.03. The Labute approximate surface area is 99.7 Å². The summed E-state index contributed by atoms with van der Waals surface area (Å²) in [7, 11) is 0. The van der Waals surface area contributed by atoms with Gasteiger partial charge in [0.1, 0.15) is 17.2 Å². The molecule has 1 rings (SSSR count). The highest BCUT2D eigenvalue weighted by atomic mass is 35.5. The minimum Gasteiger partial charge on any atom is -0.382 e. The zero-order valence-electron chi connectivity index (χ0n) is 8.95. The molecule has 0 spiro atoms. The van der Waals surface area contributed by atoms with Gasteiger partial charge in [-0.05, 0) is 6.42 Å². The van der Waals surface area contributed by atoms with E-state index < -0.39 is 0 Å². The molecule has 0 aliphatic carbocycles. The number of nitrogens with zero attached hydrogens (tertiary/aromatic N) is 2. The van der Waals surface area contributed by atoms with Gasteiger partial charge in [0.25, 0.3) is 0 Å². The number of halogens is 1. The summed E-state index contributed by atoms with van der Waals surface area (Å²) in [6, 6.07) is 0. The fourth-order valence-electron chi connectivity index (χ4n) is 1.02. The van der Waals surface area contributed by atoms with Crippen LogP contribution in [0.5, 0.6) is 0 Å². The maximum atomic E-state index is 5.89. The Morgan fingerprint density at radius 1 is 1.50 bits per heavy atom. The molecular weight excluding hydrogens is 228 g/mol. The van der Waals surface area contributed by atoms with Crippen LogP contribution in [0.1, 0.15) is 6.42 Å². The highest BCUT2D eigenvalue weighted by Crippen LogP contribution is 2.22. The second-order valence-corrected chi connectivity index (χ2v) is 3.42. The number of nitrogens with two attached hydrogens (primary N) is 1. The molecule has 0 aromatic carbocycles. The third-order valence-electron chi connectivity index (χ3n) is 1.82. The van der Waals surface area contributed by atoms with Crippen molar-refractivity contribution in [1.29, 1.82) is 0 Å². The lowest BCUT2D eigenvalue weighted by atomic mass is 10.4. The van der Waals surface area contributed by atoms with Gasteiger partial charge in [-0.2, -0.15) is 0 Å². The third kappa shape index (κ3) is 4.04. The van der Waals surface area contributed by atoms with E-state index in [1.807, 2.05) is 6.08 Å². The van der Waals surface area contributed by atoms with E-state index in [0.29, 0.717) is 30.6 Å². The first-order valence-corrected chi connectivity index (χ1v) is 5.32. The van der Waals surface area contributed by atoms with Crippen molar-refractivity contribution < 1.29 is 4.74 Å². The molecule has 3 N–H and O–H groups in total. The smallest absolute Gasteiger partial charge is 0.150 e. The lowest BCUT2D eigenvalue weighted by Crippen LogP contribution is -2.11. The minimum atomic E-state index is 0.270. The van der Waals surface area contributed by atoms with Crippen LogP contribution in [0.15, 0.2) is 19.0 Å². The molecule has 5 nitrogen and oxygen atoms in total. The minimum absolute atomic E-state index is 0.270. The van der Waals surface area contributed by atoms with Crippen LogP contribution in [0.4, 0.5) is 11.6 Å². The highest BCUT2D eigenvalue weighted by Gasteiger charge is 2.04. The van der Waals surface area contributed by atoms with E-state index in [2.05, 4.69) is 21.9 Å². The number of nitrogen functional groups attached to an aromatic ring is 1.